The van der Waals surface area contributed by atoms with Crippen molar-refractivity contribution < 1.29 is 19.8 Å². The predicted octanol–water partition coefficient (Wildman–Crippen LogP) is 7.72. The number of amides is 1. The number of anilines is 1. The van der Waals surface area contributed by atoms with Crippen molar-refractivity contribution in [2.24, 2.45) is 5.92 Å². The molecule has 3 aromatic rings. The average molecular weight is 500 g/mol. The van der Waals surface area contributed by atoms with E-state index in [4.69, 9.17) is 0 Å². The highest BCUT2D eigenvalue weighted by Gasteiger charge is 2.22. The monoisotopic (exact) mass is 499 g/mol. The molecule has 0 radical (unpaired) electrons. The molecule has 1 amide bonds. The van der Waals surface area contributed by atoms with Crippen molar-refractivity contribution in [2.45, 2.75) is 64.7 Å². The Hall–Kier alpha value is -3.60. The summed E-state index contributed by atoms with van der Waals surface area (Å²) in [7, 11) is 0. The van der Waals surface area contributed by atoms with Gasteiger partial charge in [0.05, 0.1) is 0 Å². The van der Waals surface area contributed by atoms with Gasteiger partial charge in [0.15, 0.2) is 0 Å². The van der Waals surface area contributed by atoms with Crippen molar-refractivity contribution in [3.63, 3.8) is 0 Å². The molecule has 0 aromatic heterocycles. The van der Waals surface area contributed by atoms with Crippen LogP contribution in [0.4, 0.5) is 5.69 Å². The Morgan fingerprint density at radius 1 is 0.892 bits per heavy atom. The number of hydrogen-bond acceptors (Lipinski definition) is 3. The van der Waals surface area contributed by atoms with Gasteiger partial charge >= 0.3 is 5.97 Å². The fourth-order valence-corrected chi connectivity index (χ4v) is 5.26. The van der Waals surface area contributed by atoms with Crippen LogP contribution in [-0.2, 0) is 6.42 Å². The number of aryl methyl sites for hydroxylation is 1. The van der Waals surface area contributed by atoms with Crippen LogP contribution in [0.1, 0.15) is 84.6 Å². The lowest BCUT2D eigenvalue weighted by Gasteiger charge is -2.24. The molecule has 0 unspecified atom stereocenters. The number of hydrogen-bond donors (Lipinski definition) is 2. The number of nitrogens with zero attached hydrogens (tertiary/aromatic N) is 1. The number of carbonyl (C=O) groups is 2. The van der Waals surface area contributed by atoms with Crippen LogP contribution >= 0.6 is 0 Å². The zero-order valence-electron chi connectivity index (χ0n) is 21.7. The molecular weight excluding hydrogens is 462 g/mol. The normalized spacial score (nSPS) is 13.5. The van der Waals surface area contributed by atoms with Gasteiger partial charge in [-0.05, 0) is 72.6 Å². The fraction of sp³-hybridized carbons (Fsp3) is 0.375. The zero-order valence-corrected chi connectivity index (χ0v) is 21.7. The van der Waals surface area contributed by atoms with Crippen molar-refractivity contribution in [1.29, 1.82) is 0 Å². The third kappa shape index (κ3) is 6.79. The zero-order chi connectivity index (χ0) is 26.2. The summed E-state index contributed by atoms with van der Waals surface area (Å²) >= 11 is 0. The lowest BCUT2D eigenvalue weighted by atomic mass is 10.00. The molecule has 3 aromatic carbocycles. The molecule has 1 saturated carbocycles. The molecule has 4 rings (SSSR count). The van der Waals surface area contributed by atoms with E-state index in [0.717, 1.165) is 30.4 Å². The lowest BCUT2D eigenvalue weighted by molar-refractivity contribution is 0.0693. The standard InChI is InChI=1S/C32H37NO4/c1-2-3-7-24-11-13-25(14-12-24)26-15-17-27(18-16-26)31(35)33(21-6-10-23-8-4-5-9-23)28-19-20-29(32(36)37)30(34)22-28/h11-20,22-23,34H,2-10,21H2,1H3,(H,36,37). The number of benzene rings is 3. The molecule has 0 saturated heterocycles. The summed E-state index contributed by atoms with van der Waals surface area (Å²) in [5.41, 5.74) is 4.39. The molecule has 0 bridgehead atoms. The summed E-state index contributed by atoms with van der Waals surface area (Å²) in [5.74, 6) is -0.976. The minimum Gasteiger partial charge on any atom is -0.507 e. The average Bonchev–Trinajstić information content (AvgIpc) is 3.43. The number of aromatic carboxylic acids is 1. The molecule has 0 spiro atoms. The predicted molar refractivity (Wildman–Crippen MR) is 148 cm³/mol. The molecule has 1 fully saturated rings. The smallest absolute Gasteiger partial charge is 0.339 e. The van der Waals surface area contributed by atoms with Crippen LogP contribution in [0.5, 0.6) is 5.75 Å². The topological polar surface area (TPSA) is 77.8 Å². The maximum atomic E-state index is 13.6. The van der Waals surface area contributed by atoms with Crippen molar-refractivity contribution in [2.75, 3.05) is 11.4 Å². The highest BCUT2D eigenvalue weighted by molar-refractivity contribution is 6.06. The van der Waals surface area contributed by atoms with Crippen LogP contribution in [0.2, 0.25) is 0 Å². The summed E-state index contributed by atoms with van der Waals surface area (Å²) in [4.78, 5) is 26.6. The van der Waals surface area contributed by atoms with E-state index in [1.165, 1.54) is 56.2 Å². The van der Waals surface area contributed by atoms with E-state index < -0.39 is 5.97 Å². The minimum atomic E-state index is -1.20. The highest BCUT2D eigenvalue weighted by atomic mass is 16.4. The van der Waals surface area contributed by atoms with Crippen LogP contribution in [0.25, 0.3) is 11.1 Å². The number of aromatic hydroxyl groups is 1. The first kappa shape index (κ1) is 26.5. The van der Waals surface area contributed by atoms with Gasteiger partial charge in [-0.15, -0.1) is 0 Å². The van der Waals surface area contributed by atoms with Gasteiger partial charge in [-0.2, -0.15) is 0 Å². The maximum absolute atomic E-state index is 13.6. The van der Waals surface area contributed by atoms with Gasteiger partial charge in [0.2, 0.25) is 0 Å². The third-order valence-corrected chi connectivity index (χ3v) is 7.48. The molecule has 37 heavy (non-hydrogen) atoms. The quantitative estimate of drug-likeness (QED) is 0.283. The van der Waals surface area contributed by atoms with E-state index >= 15 is 0 Å². The van der Waals surface area contributed by atoms with Crippen LogP contribution in [0.3, 0.4) is 0 Å². The molecule has 1 aliphatic carbocycles. The molecule has 0 atom stereocenters. The first-order valence-corrected chi connectivity index (χ1v) is 13.5. The third-order valence-electron chi connectivity index (χ3n) is 7.48. The summed E-state index contributed by atoms with van der Waals surface area (Å²) in [6, 6.07) is 20.6. The summed E-state index contributed by atoms with van der Waals surface area (Å²) in [5, 5.41) is 19.5. The molecule has 194 valence electrons. The molecule has 1 aliphatic rings. The van der Waals surface area contributed by atoms with Crippen LogP contribution in [-0.4, -0.2) is 28.6 Å². The van der Waals surface area contributed by atoms with Gasteiger partial charge in [0.25, 0.3) is 5.91 Å². The Balaban J connectivity index is 1.52. The van der Waals surface area contributed by atoms with E-state index in [2.05, 4.69) is 31.2 Å². The first-order chi connectivity index (χ1) is 18.0. The Bertz CT molecular complexity index is 1190. The molecule has 0 aliphatic heterocycles. The Kier molecular flexibility index (Phi) is 8.99. The minimum absolute atomic E-state index is 0.157. The molecule has 5 heteroatoms. The van der Waals surface area contributed by atoms with Crippen molar-refractivity contribution in [1.82, 2.24) is 0 Å². The van der Waals surface area contributed by atoms with E-state index in [0.29, 0.717) is 23.7 Å². The molecule has 0 heterocycles. The highest BCUT2D eigenvalue weighted by Crippen LogP contribution is 2.31. The number of carbonyl (C=O) groups excluding carboxylic acids is 1. The molecule has 5 nitrogen and oxygen atoms in total. The second kappa shape index (κ2) is 12.6. The Labute approximate surface area is 219 Å². The van der Waals surface area contributed by atoms with Crippen LogP contribution in [0.15, 0.2) is 66.7 Å². The second-order valence-electron chi connectivity index (χ2n) is 10.1. The second-order valence-corrected chi connectivity index (χ2v) is 10.1. The van der Waals surface area contributed by atoms with E-state index in [9.17, 15) is 19.8 Å². The van der Waals surface area contributed by atoms with Gasteiger partial charge in [-0.1, -0.05) is 75.4 Å². The summed E-state index contributed by atoms with van der Waals surface area (Å²) < 4.78 is 0. The van der Waals surface area contributed by atoms with Crippen LogP contribution in [0, 0.1) is 5.92 Å². The number of carboxylic acid groups (broad SMARTS) is 1. The summed E-state index contributed by atoms with van der Waals surface area (Å²) in [6.07, 6.45) is 10.5. The number of phenols is 1. The van der Waals surface area contributed by atoms with Gasteiger partial charge in [0.1, 0.15) is 11.3 Å². The van der Waals surface area contributed by atoms with E-state index in [-0.39, 0.29) is 17.2 Å². The number of rotatable bonds is 11. The Morgan fingerprint density at radius 2 is 1.54 bits per heavy atom. The van der Waals surface area contributed by atoms with Gasteiger partial charge < -0.3 is 15.1 Å². The van der Waals surface area contributed by atoms with Crippen molar-refractivity contribution >= 4 is 17.6 Å². The largest absolute Gasteiger partial charge is 0.507 e. The number of unbranched alkanes of at least 4 members (excludes halogenated alkanes) is 1. The Morgan fingerprint density at radius 3 is 2.14 bits per heavy atom. The fourth-order valence-electron chi connectivity index (χ4n) is 5.26. The van der Waals surface area contributed by atoms with Crippen LogP contribution < -0.4 is 4.90 Å². The van der Waals surface area contributed by atoms with Gasteiger partial charge in [-0.3, -0.25) is 4.79 Å². The van der Waals surface area contributed by atoms with E-state index in [1.807, 2.05) is 24.3 Å². The SMILES string of the molecule is CCCCc1ccc(-c2ccc(C(=O)N(CCCC3CCCC3)c3ccc(C(=O)O)c(O)c3)cc2)cc1. The number of carboxylic acids is 1. The van der Waals surface area contributed by atoms with E-state index in [1.54, 1.807) is 11.0 Å². The summed E-state index contributed by atoms with van der Waals surface area (Å²) in [6.45, 7) is 2.71. The molecule has 2 N–H and O–H groups in total. The molecular formula is C32H37NO4. The van der Waals surface area contributed by atoms with Gasteiger partial charge in [0, 0.05) is 23.9 Å². The first-order valence-electron chi connectivity index (χ1n) is 13.5. The van der Waals surface area contributed by atoms with Crippen molar-refractivity contribution in [3.05, 3.63) is 83.4 Å². The van der Waals surface area contributed by atoms with Crippen molar-refractivity contribution in [3.8, 4) is 16.9 Å². The lowest BCUT2D eigenvalue weighted by Crippen LogP contribution is -2.32. The maximum Gasteiger partial charge on any atom is 0.339 e. The van der Waals surface area contributed by atoms with Gasteiger partial charge in [-0.25, -0.2) is 4.79 Å².